The Balaban J connectivity index is 1.53. The van der Waals surface area contributed by atoms with Gasteiger partial charge in [0.2, 0.25) is 0 Å². The first-order valence-corrected chi connectivity index (χ1v) is 9.24. The zero-order valence-electron chi connectivity index (χ0n) is 15.3. The first-order valence-electron chi connectivity index (χ1n) is 9.24. The van der Waals surface area contributed by atoms with Crippen molar-refractivity contribution in [1.29, 1.82) is 0 Å². The van der Waals surface area contributed by atoms with Crippen LogP contribution in [0.4, 0.5) is 5.82 Å². The van der Waals surface area contributed by atoms with Gasteiger partial charge in [0.1, 0.15) is 18.2 Å². The number of aromatic nitrogens is 6. The van der Waals surface area contributed by atoms with Crippen LogP contribution in [-0.4, -0.2) is 48.6 Å². The Morgan fingerprint density at radius 1 is 1.26 bits per heavy atom. The van der Waals surface area contributed by atoms with E-state index in [0.29, 0.717) is 19.0 Å². The molecule has 9 heteroatoms. The summed E-state index contributed by atoms with van der Waals surface area (Å²) in [6, 6.07) is 1.47. The number of hydrogen-bond donors (Lipinski definition) is 1. The maximum Gasteiger partial charge on any atom is 0.267 e. The maximum absolute atomic E-state index is 12.6. The molecule has 4 heterocycles. The number of aryl methyl sites for hydroxylation is 3. The van der Waals surface area contributed by atoms with E-state index in [1.54, 1.807) is 15.3 Å². The van der Waals surface area contributed by atoms with Crippen LogP contribution in [0.2, 0.25) is 0 Å². The van der Waals surface area contributed by atoms with Gasteiger partial charge in [-0.25, -0.2) is 9.67 Å². The molecule has 0 radical (unpaired) electrons. The lowest BCUT2D eigenvalue weighted by Gasteiger charge is -2.23. The van der Waals surface area contributed by atoms with Crippen molar-refractivity contribution in [2.75, 3.05) is 18.5 Å². The summed E-state index contributed by atoms with van der Waals surface area (Å²) in [5.74, 6) is 1.37. The number of fused-ring (bicyclic) bond motifs is 2. The van der Waals surface area contributed by atoms with Crippen LogP contribution >= 0.6 is 0 Å². The molecule has 0 amide bonds. The summed E-state index contributed by atoms with van der Waals surface area (Å²) >= 11 is 0. The highest BCUT2D eigenvalue weighted by atomic mass is 16.5. The molecular weight excluding hydrogens is 346 g/mol. The molecule has 27 heavy (non-hydrogen) atoms. The first kappa shape index (κ1) is 16.4. The van der Waals surface area contributed by atoms with Crippen molar-refractivity contribution in [3.8, 4) is 0 Å². The number of rotatable bonds is 3. The highest BCUT2D eigenvalue weighted by molar-refractivity contribution is 5.52. The minimum absolute atomic E-state index is 0.0634. The second kappa shape index (κ2) is 6.12. The van der Waals surface area contributed by atoms with E-state index in [0.717, 1.165) is 47.6 Å². The molecule has 1 fully saturated rings. The molecule has 0 bridgehead atoms. The number of nitrogens with one attached hydrogen (secondary N) is 1. The Morgan fingerprint density at radius 3 is 3.04 bits per heavy atom. The van der Waals surface area contributed by atoms with Crippen LogP contribution in [0.25, 0.3) is 5.78 Å². The fraction of sp³-hybridized carbons (Fsp3) is 0.500. The Labute approximate surface area is 155 Å². The van der Waals surface area contributed by atoms with Crippen LogP contribution < -0.4 is 10.9 Å². The normalized spacial score (nSPS) is 21.7. The molecule has 0 aromatic carbocycles. The lowest BCUT2D eigenvalue weighted by atomic mass is 10.1. The first-order chi connectivity index (χ1) is 13.1. The molecule has 1 aliphatic carbocycles. The molecule has 0 saturated carbocycles. The predicted molar refractivity (Wildman–Crippen MR) is 98.0 cm³/mol. The lowest BCUT2D eigenvalue weighted by molar-refractivity contribution is 0.182. The van der Waals surface area contributed by atoms with Gasteiger partial charge in [-0.05, 0) is 38.7 Å². The highest BCUT2D eigenvalue weighted by Gasteiger charge is 2.33. The fourth-order valence-electron chi connectivity index (χ4n) is 3.95. The van der Waals surface area contributed by atoms with E-state index in [4.69, 9.17) is 4.74 Å². The van der Waals surface area contributed by atoms with E-state index in [1.807, 2.05) is 13.8 Å². The van der Waals surface area contributed by atoms with Gasteiger partial charge >= 0.3 is 0 Å². The molecule has 1 N–H and O–H groups in total. The van der Waals surface area contributed by atoms with Gasteiger partial charge in [0.05, 0.1) is 24.9 Å². The number of nitrogens with zero attached hydrogens (tertiary/aromatic N) is 6. The lowest BCUT2D eigenvalue weighted by Crippen LogP contribution is -2.38. The van der Waals surface area contributed by atoms with E-state index in [-0.39, 0.29) is 17.6 Å². The van der Waals surface area contributed by atoms with Gasteiger partial charge in [0.15, 0.2) is 0 Å². The van der Waals surface area contributed by atoms with Gasteiger partial charge in [-0.2, -0.15) is 19.7 Å². The van der Waals surface area contributed by atoms with Crippen molar-refractivity contribution in [3.05, 3.63) is 45.3 Å². The quantitative estimate of drug-likeness (QED) is 0.732. The van der Waals surface area contributed by atoms with E-state index < -0.39 is 0 Å². The van der Waals surface area contributed by atoms with Crippen LogP contribution in [-0.2, 0) is 17.6 Å². The SMILES string of the molecule is Cc1nc2ncnn2c(NC2COCC2n2nc3c(cc2=O)CCC3)c1C. The van der Waals surface area contributed by atoms with E-state index in [1.165, 1.54) is 6.33 Å². The van der Waals surface area contributed by atoms with Crippen molar-refractivity contribution in [3.63, 3.8) is 0 Å². The fourth-order valence-corrected chi connectivity index (χ4v) is 3.95. The molecule has 3 aromatic rings. The molecule has 2 unspecified atom stereocenters. The molecule has 5 rings (SSSR count). The molecule has 2 atom stereocenters. The Kier molecular flexibility index (Phi) is 3.71. The van der Waals surface area contributed by atoms with E-state index >= 15 is 0 Å². The third-order valence-corrected chi connectivity index (χ3v) is 5.58. The third-order valence-electron chi connectivity index (χ3n) is 5.58. The summed E-state index contributed by atoms with van der Waals surface area (Å²) in [5, 5.41) is 12.5. The second-order valence-electron chi connectivity index (χ2n) is 7.25. The van der Waals surface area contributed by atoms with Crippen LogP contribution in [0.15, 0.2) is 17.2 Å². The molecule has 3 aromatic heterocycles. The van der Waals surface area contributed by atoms with E-state index in [2.05, 4.69) is 25.5 Å². The summed E-state index contributed by atoms with van der Waals surface area (Å²) in [4.78, 5) is 21.3. The molecule has 0 spiro atoms. The number of anilines is 1. The molecular formula is C18H21N7O2. The molecule has 1 saturated heterocycles. The Morgan fingerprint density at radius 2 is 2.15 bits per heavy atom. The monoisotopic (exact) mass is 367 g/mol. The van der Waals surface area contributed by atoms with Crippen LogP contribution in [0.3, 0.4) is 0 Å². The zero-order valence-corrected chi connectivity index (χ0v) is 15.3. The van der Waals surface area contributed by atoms with Crippen molar-refractivity contribution in [1.82, 2.24) is 29.4 Å². The van der Waals surface area contributed by atoms with Crippen molar-refractivity contribution in [2.45, 2.75) is 45.2 Å². The summed E-state index contributed by atoms with van der Waals surface area (Å²) in [6.45, 7) is 4.89. The Hall–Kier alpha value is -2.81. The third kappa shape index (κ3) is 2.61. The number of ether oxygens (including phenoxy) is 1. The zero-order chi connectivity index (χ0) is 18.5. The topological polar surface area (TPSA) is 99.2 Å². The molecule has 9 nitrogen and oxygen atoms in total. The van der Waals surface area contributed by atoms with Crippen molar-refractivity contribution >= 4 is 11.6 Å². The maximum atomic E-state index is 12.6. The Bertz CT molecular complexity index is 1090. The summed E-state index contributed by atoms with van der Waals surface area (Å²) < 4.78 is 9.00. The van der Waals surface area contributed by atoms with Crippen LogP contribution in [0.5, 0.6) is 0 Å². The second-order valence-corrected chi connectivity index (χ2v) is 7.25. The van der Waals surface area contributed by atoms with Gasteiger partial charge in [0, 0.05) is 17.3 Å². The number of hydrogen-bond acceptors (Lipinski definition) is 7. The van der Waals surface area contributed by atoms with Gasteiger partial charge in [-0.1, -0.05) is 0 Å². The minimum atomic E-state index is -0.171. The van der Waals surface area contributed by atoms with Gasteiger partial charge in [-0.3, -0.25) is 4.79 Å². The smallest absolute Gasteiger partial charge is 0.267 e. The van der Waals surface area contributed by atoms with Gasteiger partial charge in [0.25, 0.3) is 11.3 Å². The van der Waals surface area contributed by atoms with Gasteiger partial charge in [-0.15, -0.1) is 0 Å². The summed E-state index contributed by atoms with van der Waals surface area (Å²) in [5.41, 5.74) is 3.94. The summed E-state index contributed by atoms with van der Waals surface area (Å²) in [6.07, 6.45) is 4.43. The average molecular weight is 367 g/mol. The van der Waals surface area contributed by atoms with Crippen LogP contribution in [0, 0.1) is 13.8 Å². The van der Waals surface area contributed by atoms with Crippen molar-refractivity contribution < 1.29 is 4.74 Å². The molecule has 1 aliphatic heterocycles. The molecule has 2 aliphatic rings. The van der Waals surface area contributed by atoms with Crippen molar-refractivity contribution in [2.24, 2.45) is 0 Å². The minimum Gasteiger partial charge on any atom is -0.377 e. The largest absolute Gasteiger partial charge is 0.377 e. The summed E-state index contributed by atoms with van der Waals surface area (Å²) in [7, 11) is 0. The standard InChI is InChI=1S/C18H21N7O2/c1-10-11(2)21-18-19-9-20-25(18)17(10)22-14-7-27-8-15(14)24-16(26)6-12-4-3-5-13(12)23-24/h6,9,14-15,22H,3-5,7-8H2,1-2H3. The average Bonchev–Trinajstić information content (AvgIpc) is 3.38. The molecule has 140 valence electrons. The van der Waals surface area contributed by atoms with Gasteiger partial charge < -0.3 is 10.1 Å². The van der Waals surface area contributed by atoms with Crippen LogP contribution in [0.1, 0.15) is 35.0 Å². The highest BCUT2D eigenvalue weighted by Crippen LogP contribution is 2.26. The van der Waals surface area contributed by atoms with E-state index in [9.17, 15) is 4.79 Å². The predicted octanol–water partition coefficient (Wildman–Crippen LogP) is 0.839.